The van der Waals surface area contributed by atoms with Crippen LogP contribution in [0.2, 0.25) is 0 Å². The second kappa shape index (κ2) is 5.33. The van der Waals surface area contributed by atoms with Crippen LogP contribution in [0.1, 0.15) is 25.3 Å². The van der Waals surface area contributed by atoms with Gasteiger partial charge in [0.05, 0.1) is 12.2 Å². The highest BCUT2D eigenvalue weighted by molar-refractivity contribution is 5.81. The zero-order chi connectivity index (χ0) is 13.2. The van der Waals surface area contributed by atoms with E-state index in [4.69, 9.17) is 4.74 Å². The van der Waals surface area contributed by atoms with Gasteiger partial charge in [0.15, 0.2) is 0 Å². The maximum absolute atomic E-state index is 12.2. The van der Waals surface area contributed by atoms with Crippen molar-refractivity contribution in [1.29, 1.82) is 0 Å². The Morgan fingerprint density at radius 2 is 2.00 bits per heavy atom. The molecule has 3 heteroatoms. The van der Waals surface area contributed by atoms with E-state index in [2.05, 4.69) is 31.2 Å². The molecule has 1 aliphatic carbocycles. The van der Waals surface area contributed by atoms with Crippen LogP contribution in [-0.2, 0) is 16.0 Å². The van der Waals surface area contributed by atoms with Crippen LogP contribution in [0.15, 0.2) is 30.3 Å². The van der Waals surface area contributed by atoms with Crippen molar-refractivity contribution in [2.45, 2.75) is 38.4 Å². The van der Waals surface area contributed by atoms with Crippen LogP contribution in [0, 0.1) is 5.92 Å². The van der Waals surface area contributed by atoms with Crippen LogP contribution >= 0.6 is 0 Å². The molecule has 2 atom stereocenters. The molecule has 0 spiro atoms. The fourth-order valence-electron chi connectivity index (χ4n) is 2.80. The normalized spacial score (nSPS) is 27.3. The summed E-state index contributed by atoms with van der Waals surface area (Å²) in [7, 11) is 0. The lowest BCUT2D eigenvalue weighted by molar-refractivity contribution is -0.145. The number of carbonyl (C=O) groups excluding carboxylic acids is 1. The second-order valence-electron chi connectivity index (χ2n) is 5.78. The Hall–Kier alpha value is -1.35. The first-order chi connectivity index (χ1) is 9.22. The minimum absolute atomic E-state index is 0.133. The lowest BCUT2D eigenvalue weighted by atomic mass is 10.1. The second-order valence-corrected chi connectivity index (χ2v) is 5.78. The molecule has 2 fully saturated rings. The third-order valence-corrected chi connectivity index (χ3v) is 3.87. The van der Waals surface area contributed by atoms with E-state index in [1.807, 2.05) is 11.0 Å². The first-order valence-corrected chi connectivity index (χ1v) is 7.20. The number of morpholine rings is 1. The summed E-state index contributed by atoms with van der Waals surface area (Å²) in [6.45, 7) is 3.56. The van der Waals surface area contributed by atoms with Gasteiger partial charge in [-0.25, -0.2) is 0 Å². The molecule has 0 radical (unpaired) electrons. The van der Waals surface area contributed by atoms with Gasteiger partial charge in [0, 0.05) is 25.4 Å². The van der Waals surface area contributed by atoms with Crippen molar-refractivity contribution in [2.75, 3.05) is 13.1 Å². The quantitative estimate of drug-likeness (QED) is 0.833. The molecule has 0 N–H and O–H groups in total. The number of benzene rings is 1. The molecule has 19 heavy (non-hydrogen) atoms. The average Bonchev–Trinajstić information content (AvgIpc) is 3.22. The molecular weight excluding hydrogens is 238 g/mol. The largest absolute Gasteiger partial charge is 0.371 e. The Bertz CT molecular complexity index is 441. The molecule has 1 heterocycles. The maximum Gasteiger partial charge on any atom is 0.225 e. The molecule has 1 aromatic carbocycles. The number of amides is 1. The molecule has 0 aromatic heterocycles. The van der Waals surface area contributed by atoms with E-state index < -0.39 is 0 Å². The molecule has 1 saturated carbocycles. The first-order valence-electron chi connectivity index (χ1n) is 7.20. The van der Waals surface area contributed by atoms with Crippen LogP contribution in [0.3, 0.4) is 0 Å². The topological polar surface area (TPSA) is 29.5 Å². The summed E-state index contributed by atoms with van der Waals surface area (Å²) in [5, 5.41) is 0. The highest BCUT2D eigenvalue weighted by Crippen LogP contribution is 2.32. The van der Waals surface area contributed by atoms with Gasteiger partial charge < -0.3 is 9.64 Å². The van der Waals surface area contributed by atoms with Gasteiger partial charge in [0.25, 0.3) is 0 Å². The van der Waals surface area contributed by atoms with E-state index in [1.54, 1.807) is 0 Å². The van der Waals surface area contributed by atoms with E-state index in [1.165, 1.54) is 5.56 Å². The Morgan fingerprint density at radius 1 is 1.26 bits per heavy atom. The summed E-state index contributed by atoms with van der Waals surface area (Å²) >= 11 is 0. The van der Waals surface area contributed by atoms with Crippen LogP contribution in [0.25, 0.3) is 0 Å². The fraction of sp³-hybridized carbons (Fsp3) is 0.562. The molecule has 102 valence electrons. The van der Waals surface area contributed by atoms with E-state index in [0.29, 0.717) is 11.8 Å². The Balaban J connectivity index is 1.63. The van der Waals surface area contributed by atoms with Crippen LogP contribution < -0.4 is 0 Å². The summed E-state index contributed by atoms with van der Waals surface area (Å²) < 4.78 is 5.98. The fourth-order valence-corrected chi connectivity index (χ4v) is 2.80. The Morgan fingerprint density at radius 3 is 2.68 bits per heavy atom. The van der Waals surface area contributed by atoms with E-state index in [0.717, 1.165) is 32.4 Å². The first kappa shape index (κ1) is 12.7. The maximum atomic E-state index is 12.2. The Labute approximate surface area is 114 Å². The van der Waals surface area contributed by atoms with Crippen molar-refractivity contribution in [1.82, 2.24) is 4.90 Å². The smallest absolute Gasteiger partial charge is 0.225 e. The molecule has 2 unspecified atom stereocenters. The summed E-state index contributed by atoms with van der Waals surface area (Å²) in [6, 6.07) is 10.4. The molecule has 3 nitrogen and oxygen atoms in total. The van der Waals surface area contributed by atoms with Crippen molar-refractivity contribution in [2.24, 2.45) is 5.92 Å². The molecule has 1 saturated heterocycles. The molecule has 1 amide bonds. The van der Waals surface area contributed by atoms with Crippen molar-refractivity contribution >= 4 is 5.91 Å². The predicted octanol–water partition coefficient (Wildman–Crippen LogP) is 2.25. The third-order valence-electron chi connectivity index (χ3n) is 3.87. The highest BCUT2D eigenvalue weighted by atomic mass is 16.5. The summed E-state index contributed by atoms with van der Waals surface area (Å²) in [4.78, 5) is 14.2. The van der Waals surface area contributed by atoms with Gasteiger partial charge in [-0.15, -0.1) is 0 Å². The lowest BCUT2D eigenvalue weighted by Crippen LogP contribution is -2.50. The van der Waals surface area contributed by atoms with E-state index >= 15 is 0 Å². The van der Waals surface area contributed by atoms with Gasteiger partial charge in [-0.3, -0.25) is 4.79 Å². The molecule has 3 rings (SSSR count). The van der Waals surface area contributed by atoms with Crippen molar-refractivity contribution in [3.8, 4) is 0 Å². The van der Waals surface area contributed by atoms with Gasteiger partial charge in [-0.1, -0.05) is 30.3 Å². The lowest BCUT2D eigenvalue weighted by Gasteiger charge is -2.37. The number of nitrogens with zero attached hydrogens (tertiary/aromatic N) is 1. The monoisotopic (exact) mass is 259 g/mol. The van der Waals surface area contributed by atoms with Gasteiger partial charge in [-0.2, -0.15) is 0 Å². The molecule has 0 bridgehead atoms. The number of hydrogen-bond acceptors (Lipinski definition) is 2. The van der Waals surface area contributed by atoms with Gasteiger partial charge in [0.1, 0.15) is 0 Å². The highest BCUT2D eigenvalue weighted by Gasteiger charge is 2.37. The Kier molecular flexibility index (Phi) is 3.56. The number of ether oxygens (including phenoxy) is 1. The molecular formula is C16H21NO2. The van der Waals surface area contributed by atoms with Crippen molar-refractivity contribution in [3.05, 3.63) is 35.9 Å². The average molecular weight is 259 g/mol. The van der Waals surface area contributed by atoms with Crippen LogP contribution in [0.5, 0.6) is 0 Å². The summed E-state index contributed by atoms with van der Waals surface area (Å²) in [5.74, 6) is 0.649. The molecule has 2 aliphatic rings. The number of carbonyl (C=O) groups is 1. The van der Waals surface area contributed by atoms with E-state index in [9.17, 15) is 4.79 Å². The molecule has 1 aliphatic heterocycles. The zero-order valence-electron chi connectivity index (χ0n) is 11.4. The minimum Gasteiger partial charge on any atom is -0.371 e. The predicted molar refractivity (Wildman–Crippen MR) is 73.8 cm³/mol. The SMILES string of the molecule is CC1CN(C(=O)C2CC2)CC(Cc2ccccc2)O1. The van der Waals surface area contributed by atoms with Crippen molar-refractivity contribution in [3.63, 3.8) is 0 Å². The number of rotatable bonds is 3. The zero-order valence-corrected chi connectivity index (χ0v) is 11.4. The number of hydrogen-bond donors (Lipinski definition) is 0. The van der Waals surface area contributed by atoms with Crippen molar-refractivity contribution < 1.29 is 9.53 Å². The third kappa shape index (κ3) is 3.16. The van der Waals surface area contributed by atoms with Gasteiger partial charge in [-0.05, 0) is 25.3 Å². The van der Waals surface area contributed by atoms with Crippen LogP contribution in [-0.4, -0.2) is 36.1 Å². The summed E-state index contributed by atoms with van der Waals surface area (Å²) in [5.41, 5.74) is 1.28. The minimum atomic E-state index is 0.133. The summed E-state index contributed by atoms with van der Waals surface area (Å²) in [6.07, 6.45) is 3.32. The standard InChI is InChI=1S/C16H21NO2/c1-12-10-17(16(18)14-7-8-14)11-15(19-12)9-13-5-3-2-4-6-13/h2-6,12,14-15H,7-11H2,1H3. The van der Waals surface area contributed by atoms with Gasteiger partial charge in [0.2, 0.25) is 5.91 Å². The van der Waals surface area contributed by atoms with E-state index in [-0.39, 0.29) is 12.2 Å². The van der Waals surface area contributed by atoms with Crippen LogP contribution in [0.4, 0.5) is 0 Å². The van der Waals surface area contributed by atoms with Gasteiger partial charge >= 0.3 is 0 Å². The molecule has 1 aromatic rings.